The van der Waals surface area contributed by atoms with Crippen LogP contribution in [0.5, 0.6) is 5.75 Å². The normalized spacial score (nSPS) is 14.8. The number of benzene rings is 3. The Balaban J connectivity index is 1.58. The van der Waals surface area contributed by atoms with E-state index in [2.05, 4.69) is 35.9 Å². The van der Waals surface area contributed by atoms with E-state index in [1.54, 1.807) is 26.2 Å². The van der Waals surface area contributed by atoms with E-state index in [1.165, 1.54) is 17.3 Å². The molecule has 1 heterocycles. The Labute approximate surface area is 239 Å². The number of allylic oxidation sites excluding steroid dienone is 2. The molecule has 7 nitrogen and oxygen atoms in total. The molecule has 0 spiro atoms. The highest BCUT2D eigenvalue weighted by atomic mass is 32.2. The van der Waals surface area contributed by atoms with Crippen LogP contribution in [0.3, 0.4) is 0 Å². The van der Waals surface area contributed by atoms with E-state index in [-0.39, 0.29) is 17.6 Å². The van der Waals surface area contributed by atoms with E-state index in [0.717, 1.165) is 11.3 Å². The van der Waals surface area contributed by atoms with Gasteiger partial charge in [0.15, 0.2) is 0 Å². The third kappa shape index (κ3) is 6.56. The van der Waals surface area contributed by atoms with Crippen LogP contribution in [0.25, 0.3) is 0 Å². The van der Waals surface area contributed by atoms with Crippen LogP contribution in [0.4, 0.5) is 11.4 Å². The van der Waals surface area contributed by atoms with Crippen molar-refractivity contribution in [1.29, 1.82) is 5.26 Å². The number of para-hydroxylation sites is 2. The van der Waals surface area contributed by atoms with Gasteiger partial charge in [-0.05, 0) is 48.2 Å². The van der Waals surface area contributed by atoms with Crippen molar-refractivity contribution in [3.05, 3.63) is 112 Å². The number of hydrogen-bond acceptors (Lipinski definition) is 6. The van der Waals surface area contributed by atoms with Crippen molar-refractivity contribution in [1.82, 2.24) is 5.32 Å². The average molecular weight is 553 g/mol. The fourth-order valence-electron chi connectivity index (χ4n) is 4.53. The molecule has 0 saturated heterocycles. The maximum atomic E-state index is 13.7. The summed E-state index contributed by atoms with van der Waals surface area (Å²) in [5.41, 5.74) is 4.65. The predicted octanol–water partition coefficient (Wildman–Crippen LogP) is 6.53. The molecule has 0 fully saturated rings. The number of rotatable bonds is 9. The summed E-state index contributed by atoms with van der Waals surface area (Å²) in [6.07, 6.45) is 0. The SMILES string of the molecule is COc1ccccc1NC(=O)C1=C(C)NC(SCC(=O)Nc2ccc(C(C)C)cc2)=C(C#N)[C@H]1c1ccccc1. The van der Waals surface area contributed by atoms with Gasteiger partial charge in [0.2, 0.25) is 5.91 Å². The monoisotopic (exact) mass is 552 g/mol. The molecule has 40 heavy (non-hydrogen) atoms. The quantitative estimate of drug-likeness (QED) is 0.279. The minimum atomic E-state index is -0.615. The second kappa shape index (κ2) is 13.0. The molecular formula is C32H32N4O3S. The molecule has 0 bridgehead atoms. The summed E-state index contributed by atoms with van der Waals surface area (Å²) in [5.74, 6) is -0.113. The number of amides is 2. The second-order valence-corrected chi connectivity index (χ2v) is 10.6. The summed E-state index contributed by atoms with van der Waals surface area (Å²) < 4.78 is 5.40. The summed E-state index contributed by atoms with van der Waals surface area (Å²) in [5, 5.41) is 19.9. The maximum absolute atomic E-state index is 13.7. The summed E-state index contributed by atoms with van der Waals surface area (Å²) in [7, 11) is 1.54. The van der Waals surface area contributed by atoms with Crippen LogP contribution < -0.4 is 20.7 Å². The van der Waals surface area contributed by atoms with Crippen LogP contribution in [-0.4, -0.2) is 24.7 Å². The van der Waals surface area contributed by atoms with Crippen LogP contribution in [0.1, 0.15) is 43.7 Å². The largest absolute Gasteiger partial charge is 0.495 e. The Morgan fingerprint density at radius 2 is 1.68 bits per heavy atom. The lowest BCUT2D eigenvalue weighted by atomic mass is 9.82. The van der Waals surface area contributed by atoms with Crippen molar-refractivity contribution in [3.8, 4) is 11.8 Å². The predicted molar refractivity (Wildman–Crippen MR) is 161 cm³/mol. The van der Waals surface area contributed by atoms with Gasteiger partial charge in [-0.3, -0.25) is 9.59 Å². The summed E-state index contributed by atoms with van der Waals surface area (Å²) >= 11 is 1.24. The lowest BCUT2D eigenvalue weighted by molar-refractivity contribution is -0.114. The number of ether oxygens (including phenoxy) is 1. The van der Waals surface area contributed by atoms with Crippen molar-refractivity contribution in [3.63, 3.8) is 0 Å². The van der Waals surface area contributed by atoms with Gasteiger partial charge in [0, 0.05) is 17.0 Å². The highest BCUT2D eigenvalue weighted by Gasteiger charge is 2.35. The fraction of sp³-hybridized carbons (Fsp3) is 0.219. The van der Waals surface area contributed by atoms with Gasteiger partial charge in [-0.1, -0.05) is 80.2 Å². The first-order chi connectivity index (χ1) is 19.3. The average Bonchev–Trinajstić information content (AvgIpc) is 2.96. The molecule has 0 radical (unpaired) electrons. The first kappa shape index (κ1) is 28.5. The van der Waals surface area contributed by atoms with Crippen molar-refractivity contribution in [2.75, 3.05) is 23.5 Å². The number of hydrogen-bond donors (Lipinski definition) is 3. The Morgan fingerprint density at radius 3 is 2.33 bits per heavy atom. The smallest absolute Gasteiger partial charge is 0.254 e. The topological polar surface area (TPSA) is 103 Å². The van der Waals surface area contributed by atoms with Gasteiger partial charge in [0.05, 0.1) is 41.1 Å². The summed E-state index contributed by atoms with van der Waals surface area (Å²) in [6, 6.07) is 26.7. The molecule has 1 aliphatic heterocycles. The molecule has 3 N–H and O–H groups in total. The number of methoxy groups -OCH3 is 1. The van der Waals surface area contributed by atoms with E-state index in [4.69, 9.17) is 4.74 Å². The number of anilines is 2. The van der Waals surface area contributed by atoms with Crippen molar-refractivity contribution in [2.24, 2.45) is 0 Å². The minimum Gasteiger partial charge on any atom is -0.495 e. The molecule has 1 aliphatic rings. The number of nitrogens with one attached hydrogen (secondary N) is 3. The number of nitriles is 1. The molecule has 3 aromatic rings. The van der Waals surface area contributed by atoms with E-state index in [1.807, 2.05) is 66.7 Å². The van der Waals surface area contributed by atoms with Crippen molar-refractivity contribution >= 4 is 35.0 Å². The Bertz CT molecular complexity index is 1490. The zero-order valence-corrected chi connectivity index (χ0v) is 23.8. The van der Waals surface area contributed by atoms with E-state index < -0.39 is 5.92 Å². The highest BCUT2D eigenvalue weighted by Crippen LogP contribution is 2.41. The molecule has 0 unspecified atom stereocenters. The first-order valence-corrected chi connectivity index (χ1v) is 13.9. The molecule has 2 amide bonds. The van der Waals surface area contributed by atoms with Gasteiger partial charge in [-0.2, -0.15) is 5.26 Å². The number of thioether (sulfide) groups is 1. The van der Waals surface area contributed by atoms with Gasteiger partial charge in [-0.25, -0.2) is 0 Å². The third-order valence-corrected chi connectivity index (χ3v) is 7.61. The molecule has 3 aromatic carbocycles. The zero-order chi connectivity index (χ0) is 28.6. The van der Waals surface area contributed by atoms with Gasteiger partial charge >= 0.3 is 0 Å². The van der Waals surface area contributed by atoms with Crippen LogP contribution in [0.15, 0.2) is 101 Å². The molecule has 0 aromatic heterocycles. The van der Waals surface area contributed by atoms with Gasteiger partial charge in [0.1, 0.15) is 5.75 Å². The molecule has 204 valence electrons. The van der Waals surface area contributed by atoms with E-state index in [0.29, 0.717) is 39.2 Å². The first-order valence-electron chi connectivity index (χ1n) is 13.0. The van der Waals surface area contributed by atoms with Crippen LogP contribution in [0, 0.1) is 11.3 Å². The van der Waals surface area contributed by atoms with Crippen molar-refractivity contribution in [2.45, 2.75) is 32.6 Å². The second-order valence-electron chi connectivity index (χ2n) is 9.63. The molecule has 8 heteroatoms. The highest BCUT2D eigenvalue weighted by molar-refractivity contribution is 8.03. The number of dihydropyridines is 1. The van der Waals surface area contributed by atoms with Crippen LogP contribution in [0.2, 0.25) is 0 Å². The number of carbonyl (C=O) groups excluding carboxylic acids is 2. The Morgan fingerprint density at radius 1 is 1.00 bits per heavy atom. The maximum Gasteiger partial charge on any atom is 0.254 e. The molecule has 1 atom stereocenters. The van der Waals surface area contributed by atoms with Crippen molar-refractivity contribution < 1.29 is 14.3 Å². The lowest BCUT2D eigenvalue weighted by Crippen LogP contribution is -2.31. The molecule has 0 aliphatic carbocycles. The van der Waals surface area contributed by atoms with Gasteiger partial charge < -0.3 is 20.7 Å². The van der Waals surface area contributed by atoms with Crippen LogP contribution >= 0.6 is 11.8 Å². The number of nitrogens with zero attached hydrogens (tertiary/aromatic N) is 1. The lowest BCUT2D eigenvalue weighted by Gasteiger charge is -2.30. The van der Waals surface area contributed by atoms with Crippen LogP contribution in [-0.2, 0) is 9.59 Å². The molecule has 0 saturated carbocycles. The minimum absolute atomic E-state index is 0.0942. The van der Waals surface area contributed by atoms with Gasteiger partial charge in [0.25, 0.3) is 5.91 Å². The standard InChI is InChI=1S/C32H32N4O3S/c1-20(2)22-14-16-24(17-15-22)35-28(37)19-40-32-25(18-33)30(23-10-6-5-7-11-23)29(21(3)34-32)31(38)36-26-12-8-9-13-27(26)39-4/h5-17,20,30,34H,19H2,1-4H3,(H,35,37)(H,36,38)/t30-/m1/s1. The number of carbonyl (C=O) groups is 2. The van der Waals surface area contributed by atoms with Gasteiger partial charge in [-0.15, -0.1) is 0 Å². The van der Waals surface area contributed by atoms with E-state index in [9.17, 15) is 14.9 Å². The molecule has 4 rings (SSSR count). The third-order valence-electron chi connectivity index (χ3n) is 6.59. The summed E-state index contributed by atoms with van der Waals surface area (Å²) in [6.45, 7) is 6.04. The Kier molecular flexibility index (Phi) is 9.31. The Hall–Kier alpha value is -4.48. The molecular weight excluding hydrogens is 520 g/mol. The summed E-state index contributed by atoms with van der Waals surface area (Å²) in [4.78, 5) is 26.5. The fourth-order valence-corrected chi connectivity index (χ4v) is 5.42. The zero-order valence-electron chi connectivity index (χ0n) is 22.9. The van der Waals surface area contributed by atoms with E-state index >= 15 is 0 Å².